The van der Waals surface area contributed by atoms with Crippen molar-refractivity contribution < 1.29 is 4.79 Å². The van der Waals surface area contributed by atoms with Crippen molar-refractivity contribution in [1.82, 2.24) is 4.90 Å². The normalized spacial score (nSPS) is 18.1. The van der Waals surface area contributed by atoms with E-state index in [1.54, 1.807) is 4.90 Å². The van der Waals surface area contributed by atoms with Crippen molar-refractivity contribution in [1.29, 1.82) is 0 Å². The lowest BCUT2D eigenvalue weighted by molar-refractivity contribution is -0.116. The lowest BCUT2D eigenvalue weighted by atomic mass is 10.0. The predicted octanol–water partition coefficient (Wildman–Crippen LogP) is 0.564. The molecule has 0 radical (unpaired) electrons. The Morgan fingerprint density at radius 1 is 1.38 bits per heavy atom. The molecule has 16 heavy (non-hydrogen) atoms. The van der Waals surface area contributed by atoms with E-state index in [4.69, 9.17) is 0 Å². The van der Waals surface area contributed by atoms with E-state index in [0.717, 1.165) is 36.1 Å². The number of nitrogens with zero attached hydrogens (tertiary/aromatic N) is 2. The number of carbonyl (C=O) groups is 1. The van der Waals surface area contributed by atoms with Gasteiger partial charge in [0, 0.05) is 17.5 Å². The maximum Gasteiger partial charge on any atom is 0.213 e. The minimum Gasteiger partial charge on any atom is -0.317 e. The molecule has 1 aromatic rings. The van der Waals surface area contributed by atoms with E-state index in [1.165, 1.54) is 10.8 Å². The number of carbonyl (C=O) groups excluding carboxylic acids is 1. The Labute approximate surface area is 93.4 Å². The Bertz CT molecular complexity index is 613. The molecule has 0 saturated heterocycles. The molecule has 80 valence electrons. The van der Waals surface area contributed by atoms with Gasteiger partial charge in [-0.1, -0.05) is 18.2 Å². The van der Waals surface area contributed by atoms with Gasteiger partial charge in [0.2, 0.25) is 6.41 Å². The van der Waals surface area contributed by atoms with Crippen LogP contribution in [0.5, 0.6) is 0 Å². The summed E-state index contributed by atoms with van der Waals surface area (Å²) in [6.07, 6.45) is 1.78. The SMILES string of the molecule is CC1=C2N=c3ccccc3=C2CCN1C=O. The van der Waals surface area contributed by atoms with Crippen molar-refractivity contribution in [3.63, 3.8) is 0 Å². The zero-order valence-corrected chi connectivity index (χ0v) is 9.10. The maximum atomic E-state index is 10.9. The molecule has 0 N–H and O–H groups in total. The van der Waals surface area contributed by atoms with Gasteiger partial charge >= 0.3 is 0 Å². The molecule has 0 atom stereocenters. The van der Waals surface area contributed by atoms with Gasteiger partial charge < -0.3 is 4.90 Å². The molecule has 2 aliphatic heterocycles. The molecule has 1 aromatic carbocycles. The molecule has 3 nitrogen and oxygen atoms in total. The third-order valence-corrected chi connectivity index (χ3v) is 3.25. The highest BCUT2D eigenvalue weighted by molar-refractivity contribution is 5.71. The number of para-hydroxylation sites is 1. The van der Waals surface area contributed by atoms with Crippen LogP contribution in [0.4, 0.5) is 0 Å². The second-order valence-corrected chi connectivity index (χ2v) is 4.09. The van der Waals surface area contributed by atoms with E-state index < -0.39 is 0 Å². The first-order valence-corrected chi connectivity index (χ1v) is 5.41. The van der Waals surface area contributed by atoms with E-state index in [1.807, 2.05) is 25.1 Å². The molecule has 0 unspecified atom stereocenters. The van der Waals surface area contributed by atoms with Crippen LogP contribution in [0.2, 0.25) is 0 Å². The fraction of sp³-hybridized carbons (Fsp3) is 0.231. The van der Waals surface area contributed by atoms with Crippen molar-refractivity contribution in [2.24, 2.45) is 4.99 Å². The highest BCUT2D eigenvalue weighted by Gasteiger charge is 2.23. The van der Waals surface area contributed by atoms with Gasteiger partial charge in [0.05, 0.1) is 11.1 Å². The number of hydrogen-bond donors (Lipinski definition) is 0. The van der Waals surface area contributed by atoms with E-state index in [0.29, 0.717) is 0 Å². The summed E-state index contributed by atoms with van der Waals surface area (Å²) in [5.41, 5.74) is 3.23. The smallest absolute Gasteiger partial charge is 0.213 e. The molecule has 0 saturated carbocycles. The van der Waals surface area contributed by atoms with Gasteiger partial charge in [-0.3, -0.25) is 4.79 Å². The first kappa shape index (κ1) is 9.33. The molecular formula is C13H12N2O. The largest absolute Gasteiger partial charge is 0.317 e. The van der Waals surface area contributed by atoms with Crippen LogP contribution in [-0.4, -0.2) is 17.9 Å². The van der Waals surface area contributed by atoms with Gasteiger partial charge in [-0.2, -0.15) is 0 Å². The average molecular weight is 212 g/mol. The molecule has 0 aliphatic carbocycles. The van der Waals surface area contributed by atoms with E-state index in [9.17, 15) is 4.79 Å². The number of allylic oxidation sites excluding steroid dienone is 2. The summed E-state index contributed by atoms with van der Waals surface area (Å²) in [7, 11) is 0. The van der Waals surface area contributed by atoms with Crippen LogP contribution in [0.15, 0.2) is 40.7 Å². The van der Waals surface area contributed by atoms with Gasteiger partial charge in [0.15, 0.2) is 0 Å². The summed E-state index contributed by atoms with van der Waals surface area (Å²) >= 11 is 0. The van der Waals surface area contributed by atoms with Crippen LogP contribution in [0.25, 0.3) is 5.57 Å². The molecule has 0 fully saturated rings. The van der Waals surface area contributed by atoms with Crippen LogP contribution in [0.3, 0.4) is 0 Å². The predicted molar refractivity (Wildman–Crippen MR) is 60.7 cm³/mol. The minimum atomic E-state index is 0.762. The Balaban J connectivity index is 2.32. The van der Waals surface area contributed by atoms with Gasteiger partial charge in [-0.15, -0.1) is 0 Å². The fourth-order valence-electron chi connectivity index (χ4n) is 2.36. The van der Waals surface area contributed by atoms with E-state index in [-0.39, 0.29) is 0 Å². The molecule has 0 spiro atoms. The average Bonchev–Trinajstić information content (AvgIpc) is 2.69. The number of fused-ring (bicyclic) bond motifs is 2. The first-order chi connectivity index (χ1) is 7.81. The number of benzene rings is 1. The molecule has 0 bridgehead atoms. The van der Waals surface area contributed by atoms with Crippen LogP contribution in [0, 0.1) is 0 Å². The fourth-order valence-corrected chi connectivity index (χ4v) is 2.36. The van der Waals surface area contributed by atoms with Gasteiger partial charge in [-0.25, -0.2) is 4.99 Å². The Morgan fingerprint density at radius 2 is 2.19 bits per heavy atom. The second-order valence-electron chi connectivity index (χ2n) is 4.09. The Kier molecular flexibility index (Phi) is 1.93. The van der Waals surface area contributed by atoms with Crippen LogP contribution in [-0.2, 0) is 4.79 Å². The number of amides is 1. The zero-order valence-electron chi connectivity index (χ0n) is 9.10. The van der Waals surface area contributed by atoms with Crippen LogP contribution in [0.1, 0.15) is 13.3 Å². The molecule has 0 aromatic heterocycles. The van der Waals surface area contributed by atoms with Crippen molar-refractivity contribution in [2.75, 3.05) is 6.54 Å². The van der Waals surface area contributed by atoms with E-state index in [2.05, 4.69) is 11.1 Å². The van der Waals surface area contributed by atoms with Gasteiger partial charge in [0.1, 0.15) is 0 Å². The topological polar surface area (TPSA) is 32.7 Å². The molecule has 2 heterocycles. The summed E-state index contributed by atoms with van der Waals surface area (Å²) in [6.45, 7) is 2.72. The Morgan fingerprint density at radius 3 is 3.00 bits per heavy atom. The van der Waals surface area contributed by atoms with Crippen molar-refractivity contribution >= 4 is 12.0 Å². The molecule has 3 heteroatoms. The quantitative estimate of drug-likeness (QED) is 0.626. The summed E-state index contributed by atoms with van der Waals surface area (Å²) in [4.78, 5) is 17.2. The minimum absolute atomic E-state index is 0.762. The monoisotopic (exact) mass is 212 g/mol. The van der Waals surface area contributed by atoms with Gasteiger partial charge in [0.25, 0.3) is 0 Å². The third kappa shape index (κ3) is 1.14. The summed E-state index contributed by atoms with van der Waals surface area (Å²) in [5.74, 6) is 0. The van der Waals surface area contributed by atoms with Gasteiger partial charge in [-0.05, 0) is 25.0 Å². The summed E-state index contributed by atoms with van der Waals surface area (Å²) in [6, 6.07) is 8.15. The second kappa shape index (κ2) is 3.30. The summed E-state index contributed by atoms with van der Waals surface area (Å²) < 4.78 is 0. The van der Waals surface area contributed by atoms with Crippen molar-refractivity contribution in [3.05, 3.63) is 46.2 Å². The molecule has 1 amide bonds. The first-order valence-electron chi connectivity index (χ1n) is 5.41. The molecule has 3 rings (SSSR count). The standard InChI is InChI=1S/C13H12N2O/c1-9-13-11(6-7-15(9)8-16)10-4-2-3-5-12(10)14-13/h2-5,8H,6-7H2,1H3. The van der Waals surface area contributed by atoms with E-state index >= 15 is 0 Å². The molecule has 2 aliphatic rings. The zero-order chi connectivity index (χ0) is 11.1. The highest BCUT2D eigenvalue weighted by atomic mass is 16.1. The maximum absolute atomic E-state index is 10.9. The lowest BCUT2D eigenvalue weighted by Gasteiger charge is -2.25. The van der Waals surface area contributed by atoms with Crippen molar-refractivity contribution in [3.8, 4) is 0 Å². The third-order valence-electron chi connectivity index (χ3n) is 3.25. The van der Waals surface area contributed by atoms with Crippen LogP contribution >= 0.6 is 0 Å². The van der Waals surface area contributed by atoms with Crippen LogP contribution < -0.4 is 10.6 Å². The molecular weight excluding hydrogens is 200 g/mol. The van der Waals surface area contributed by atoms with Crippen molar-refractivity contribution in [2.45, 2.75) is 13.3 Å². The Hall–Kier alpha value is -1.90. The summed E-state index contributed by atoms with van der Waals surface area (Å²) in [5, 5.41) is 2.25. The highest BCUT2D eigenvalue weighted by Crippen LogP contribution is 2.28. The number of rotatable bonds is 1. The lowest BCUT2D eigenvalue weighted by Crippen LogP contribution is -2.28. The number of hydrogen-bond acceptors (Lipinski definition) is 2.